The first-order chi connectivity index (χ1) is 7.95. The number of hydrogen-bond acceptors (Lipinski definition) is 3. The van der Waals surface area contributed by atoms with Gasteiger partial charge in [0.15, 0.2) is 11.6 Å². The average Bonchev–Trinajstić information content (AvgIpc) is 2.28. The van der Waals surface area contributed by atoms with Crippen molar-refractivity contribution in [2.24, 2.45) is 5.92 Å². The van der Waals surface area contributed by atoms with Gasteiger partial charge in [0.2, 0.25) is 5.82 Å². The second kappa shape index (κ2) is 5.90. The fourth-order valence-corrected chi connectivity index (χ4v) is 1.23. The number of hydrogen-bond donors (Lipinski definition) is 0. The molecule has 0 radical (unpaired) electrons. The molecule has 1 unspecified atom stereocenters. The molecule has 1 aromatic carbocycles. The van der Waals surface area contributed by atoms with E-state index < -0.39 is 22.2 Å². The van der Waals surface area contributed by atoms with Gasteiger partial charge in [-0.3, -0.25) is 10.1 Å². The standard InChI is InChI=1S/C10H10BrF2NO3/c1-6(4-11)5-17-10-3-7(12)9(14(15)16)2-8(10)13/h2-3,6H,4-5H2,1H3. The van der Waals surface area contributed by atoms with Gasteiger partial charge in [0.05, 0.1) is 17.6 Å². The highest BCUT2D eigenvalue weighted by Gasteiger charge is 2.19. The molecule has 0 saturated carbocycles. The molecule has 0 fully saturated rings. The van der Waals surface area contributed by atoms with Crippen LogP contribution in [-0.2, 0) is 0 Å². The quantitative estimate of drug-likeness (QED) is 0.476. The number of nitrogens with zero attached hydrogens (tertiary/aromatic N) is 1. The minimum absolute atomic E-state index is 0.118. The Morgan fingerprint density at radius 3 is 2.65 bits per heavy atom. The van der Waals surface area contributed by atoms with Gasteiger partial charge in [0, 0.05) is 11.4 Å². The van der Waals surface area contributed by atoms with Crippen LogP contribution in [0.1, 0.15) is 6.92 Å². The molecule has 0 aliphatic carbocycles. The lowest BCUT2D eigenvalue weighted by Crippen LogP contribution is -2.10. The maximum absolute atomic E-state index is 13.3. The molecule has 0 heterocycles. The lowest BCUT2D eigenvalue weighted by molar-refractivity contribution is -0.387. The lowest BCUT2D eigenvalue weighted by Gasteiger charge is -2.10. The molecule has 4 nitrogen and oxygen atoms in total. The third-order valence-electron chi connectivity index (χ3n) is 1.98. The predicted octanol–water partition coefficient (Wildman–Crippen LogP) is 3.28. The summed E-state index contributed by atoms with van der Waals surface area (Å²) in [5.74, 6) is -2.26. The van der Waals surface area contributed by atoms with Gasteiger partial charge in [-0.15, -0.1) is 0 Å². The number of nitro benzene ring substituents is 1. The fourth-order valence-electron chi connectivity index (χ4n) is 1.05. The Morgan fingerprint density at radius 2 is 2.12 bits per heavy atom. The number of nitro groups is 1. The van der Waals surface area contributed by atoms with Crippen LogP contribution in [0.25, 0.3) is 0 Å². The first-order valence-corrected chi connectivity index (χ1v) is 5.90. The van der Waals surface area contributed by atoms with Crippen molar-refractivity contribution in [3.05, 3.63) is 33.9 Å². The van der Waals surface area contributed by atoms with Crippen molar-refractivity contribution in [3.63, 3.8) is 0 Å². The van der Waals surface area contributed by atoms with E-state index in [4.69, 9.17) is 4.74 Å². The molecule has 0 aliphatic rings. The zero-order valence-corrected chi connectivity index (χ0v) is 10.5. The molecular formula is C10H10BrF2NO3. The maximum atomic E-state index is 13.3. The molecular weight excluding hydrogens is 300 g/mol. The van der Waals surface area contributed by atoms with Gasteiger partial charge in [0.1, 0.15) is 0 Å². The minimum atomic E-state index is -1.11. The molecule has 0 bridgehead atoms. The second-order valence-electron chi connectivity index (χ2n) is 3.56. The van der Waals surface area contributed by atoms with Crippen molar-refractivity contribution in [2.45, 2.75) is 6.92 Å². The van der Waals surface area contributed by atoms with E-state index in [1.807, 2.05) is 6.92 Å². The first kappa shape index (κ1) is 13.8. The van der Waals surface area contributed by atoms with E-state index in [-0.39, 0.29) is 18.3 Å². The van der Waals surface area contributed by atoms with Crippen LogP contribution in [0.4, 0.5) is 14.5 Å². The fraction of sp³-hybridized carbons (Fsp3) is 0.400. The van der Waals surface area contributed by atoms with Crippen LogP contribution in [0.5, 0.6) is 5.75 Å². The summed E-state index contributed by atoms with van der Waals surface area (Å²) in [4.78, 5) is 9.37. The normalized spacial score (nSPS) is 12.2. The molecule has 1 rings (SSSR count). The van der Waals surface area contributed by atoms with Crippen LogP contribution in [0.2, 0.25) is 0 Å². The zero-order chi connectivity index (χ0) is 13.0. The molecule has 0 aromatic heterocycles. The van der Waals surface area contributed by atoms with Crippen molar-refractivity contribution >= 4 is 21.6 Å². The molecule has 17 heavy (non-hydrogen) atoms. The summed E-state index contributed by atoms with van der Waals surface area (Å²) < 4.78 is 31.6. The van der Waals surface area contributed by atoms with Gasteiger partial charge in [0.25, 0.3) is 0 Å². The number of alkyl halides is 1. The summed E-state index contributed by atoms with van der Waals surface area (Å²) >= 11 is 3.21. The Hall–Kier alpha value is -1.24. The Bertz CT molecular complexity index is 428. The summed E-state index contributed by atoms with van der Waals surface area (Å²) in [5, 5.41) is 11.0. The Balaban J connectivity index is 2.88. The van der Waals surface area contributed by atoms with E-state index in [2.05, 4.69) is 15.9 Å². The maximum Gasteiger partial charge on any atom is 0.307 e. The molecule has 0 N–H and O–H groups in total. The van der Waals surface area contributed by atoms with Gasteiger partial charge in [-0.05, 0) is 5.92 Å². The van der Waals surface area contributed by atoms with Gasteiger partial charge >= 0.3 is 5.69 Å². The number of rotatable bonds is 5. The van der Waals surface area contributed by atoms with Gasteiger partial charge in [-0.2, -0.15) is 4.39 Å². The summed E-state index contributed by atoms with van der Waals surface area (Å²) in [6, 6.07) is 1.21. The van der Waals surface area contributed by atoms with E-state index in [9.17, 15) is 18.9 Å². The first-order valence-electron chi connectivity index (χ1n) is 4.78. The van der Waals surface area contributed by atoms with Gasteiger partial charge in [-0.1, -0.05) is 22.9 Å². The average molecular weight is 310 g/mol. The summed E-state index contributed by atoms with van der Waals surface area (Å²) in [6.45, 7) is 2.05. The van der Waals surface area contributed by atoms with Crippen LogP contribution in [-0.4, -0.2) is 16.9 Å². The SMILES string of the molecule is CC(CBr)COc1cc(F)c([N+](=O)[O-])cc1F. The van der Waals surface area contributed by atoms with E-state index in [0.29, 0.717) is 17.5 Å². The topological polar surface area (TPSA) is 52.4 Å². The zero-order valence-electron chi connectivity index (χ0n) is 8.95. The third-order valence-corrected chi connectivity index (χ3v) is 3.09. The predicted molar refractivity (Wildman–Crippen MR) is 61.5 cm³/mol. The van der Waals surface area contributed by atoms with Gasteiger partial charge < -0.3 is 4.74 Å². The van der Waals surface area contributed by atoms with Crippen LogP contribution in [0.3, 0.4) is 0 Å². The molecule has 7 heteroatoms. The molecule has 0 spiro atoms. The Labute approximate surface area is 105 Å². The summed E-state index contributed by atoms with van der Waals surface area (Å²) in [7, 11) is 0. The third kappa shape index (κ3) is 3.62. The van der Waals surface area contributed by atoms with E-state index in [0.717, 1.165) is 0 Å². The largest absolute Gasteiger partial charge is 0.490 e. The molecule has 1 atom stereocenters. The molecule has 0 amide bonds. The van der Waals surface area contributed by atoms with E-state index in [1.54, 1.807) is 0 Å². The molecule has 0 aliphatic heterocycles. The molecule has 1 aromatic rings. The Morgan fingerprint density at radius 1 is 1.47 bits per heavy atom. The highest BCUT2D eigenvalue weighted by Crippen LogP contribution is 2.26. The van der Waals surface area contributed by atoms with Crippen LogP contribution in [0, 0.1) is 27.7 Å². The summed E-state index contributed by atoms with van der Waals surface area (Å²) in [6.07, 6.45) is 0. The van der Waals surface area contributed by atoms with Crippen molar-refractivity contribution < 1.29 is 18.4 Å². The second-order valence-corrected chi connectivity index (χ2v) is 4.21. The van der Waals surface area contributed by atoms with Crippen molar-refractivity contribution in [3.8, 4) is 5.75 Å². The van der Waals surface area contributed by atoms with E-state index in [1.165, 1.54) is 0 Å². The summed E-state index contributed by atoms with van der Waals surface area (Å²) in [5.41, 5.74) is -0.900. The van der Waals surface area contributed by atoms with Gasteiger partial charge in [-0.25, -0.2) is 4.39 Å². The minimum Gasteiger partial charge on any atom is -0.490 e. The number of benzene rings is 1. The Kier molecular flexibility index (Phi) is 4.80. The van der Waals surface area contributed by atoms with E-state index >= 15 is 0 Å². The van der Waals surface area contributed by atoms with Crippen LogP contribution >= 0.6 is 15.9 Å². The number of ether oxygens (including phenoxy) is 1. The monoisotopic (exact) mass is 309 g/mol. The van der Waals surface area contributed by atoms with Crippen molar-refractivity contribution in [2.75, 3.05) is 11.9 Å². The van der Waals surface area contributed by atoms with Crippen molar-refractivity contribution in [1.29, 1.82) is 0 Å². The highest BCUT2D eigenvalue weighted by atomic mass is 79.9. The molecule has 0 saturated heterocycles. The molecule has 94 valence electrons. The number of halogens is 3. The van der Waals surface area contributed by atoms with Crippen LogP contribution in [0.15, 0.2) is 12.1 Å². The lowest BCUT2D eigenvalue weighted by atomic mass is 10.2. The van der Waals surface area contributed by atoms with Crippen molar-refractivity contribution in [1.82, 2.24) is 0 Å². The smallest absolute Gasteiger partial charge is 0.307 e. The van der Waals surface area contributed by atoms with Crippen LogP contribution < -0.4 is 4.74 Å². The highest BCUT2D eigenvalue weighted by molar-refractivity contribution is 9.09.